The molecule has 0 saturated carbocycles. The van der Waals surface area contributed by atoms with Gasteiger partial charge < -0.3 is 11.1 Å². The molecule has 1 aromatic rings. The summed E-state index contributed by atoms with van der Waals surface area (Å²) in [6.07, 6.45) is -3.52. The minimum Gasteiger partial charge on any atom is -0.326 e. The molecule has 0 radical (unpaired) electrons. The lowest BCUT2D eigenvalue weighted by molar-refractivity contribution is -0.116. The lowest BCUT2D eigenvalue weighted by Crippen LogP contribution is -2.33. The van der Waals surface area contributed by atoms with Gasteiger partial charge >= 0.3 is 6.18 Å². The van der Waals surface area contributed by atoms with Crippen LogP contribution in [0.1, 0.15) is 26.7 Å². The second-order valence-corrected chi connectivity index (χ2v) is 6.45. The van der Waals surface area contributed by atoms with Crippen LogP contribution in [0.15, 0.2) is 29.2 Å². The van der Waals surface area contributed by atoms with Crippen LogP contribution in [-0.2, 0) is 4.79 Å². The molecule has 21 heavy (non-hydrogen) atoms. The molecule has 0 bridgehead atoms. The third kappa shape index (κ3) is 7.96. The number of rotatable bonds is 6. The van der Waals surface area contributed by atoms with Crippen molar-refractivity contribution in [3.8, 4) is 0 Å². The highest BCUT2D eigenvalue weighted by Crippen LogP contribution is 2.32. The molecule has 0 aliphatic heterocycles. The van der Waals surface area contributed by atoms with Crippen LogP contribution in [0, 0.1) is 0 Å². The van der Waals surface area contributed by atoms with E-state index in [4.69, 9.17) is 5.73 Å². The summed E-state index contributed by atoms with van der Waals surface area (Å²) in [7, 11) is 0. The molecule has 0 fully saturated rings. The van der Waals surface area contributed by atoms with Gasteiger partial charge in [-0.1, -0.05) is 12.1 Å². The van der Waals surface area contributed by atoms with E-state index in [9.17, 15) is 18.0 Å². The van der Waals surface area contributed by atoms with Gasteiger partial charge in [-0.3, -0.25) is 4.79 Å². The maximum Gasteiger partial charge on any atom is 0.398 e. The van der Waals surface area contributed by atoms with Gasteiger partial charge in [0.25, 0.3) is 0 Å². The summed E-state index contributed by atoms with van der Waals surface area (Å²) in [5.74, 6) is -1.25. The van der Waals surface area contributed by atoms with Gasteiger partial charge in [-0.2, -0.15) is 13.2 Å². The summed E-state index contributed by atoms with van der Waals surface area (Å²) in [4.78, 5) is 12.2. The van der Waals surface area contributed by atoms with Crippen molar-refractivity contribution in [1.82, 2.24) is 0 Å². The van der Waals surface area contributed by atoms with E-state index < -0.39 is 17.5 Å². The molecule has 7 heteroatoms. The third-order valence-electron chi connectivity index (χ3n) is 2.55. The number of amides is 1. The summed E-state index contributed by atoms with van der Waals surface area (Å²) in [5.41, 5.74) is 5.73. The number of alkyl halides is 3. The molecule has 0 aromatic heterocycles. The SMILES string of the molecule is CC(C)(N)CCC(=O)Nc1ccccc1SCC(F)(F)F. The number of hydrogen-bond acceptors (Lipinski definition) is 3. The average Bonchev–Trinajstić information content (AvgIpc) is 2.33. The van der Waals surface area contributed by atoms with Crippen LogP contribution < -0.4 is 11.1 Å². The Balaban J connectivity index is 2.64. The number of thioether (sulfide) groups is 1. The van der Waals surface area contributed by atoms with E-state index in [0.717, 1.165) is 0 Å². The van der Waals surface area contributed by atoms with Crippen molar-refractivity contribution in [3.63, 3.8) is 0 Å². The average molecular weight is 320 g/mol. The first-order valence-corrected chi connectivity index (χ1v) is 7.43. The monoisotopic (exact) mass is 320 g/mol. The Kier molecular flexibility index (Phi) is 6.10. The van der Waals surface area contributed by atoms with Crippen molar-refractivity contribution >= 4 is 23.4 Å². The van der Waals surface area contributed by atoms with E-state index in [2.05, 4.69) is 5.32 Å². The predicted octanol–water partition coefficient (Wildman–Crippen LogP) is 3.80. The van der Waals surface area contributed by atoms with Gasteiger partial charge in [-0.25, -0.2) is 0 Å². The van der Waals surface area contributed by atoms with Crippen LogP contribution in [0.5, 0.6) is 0 Å². The Labute approximate surface area is 126 Å². The van der Waals surface area contributed by atoms with Gasteiger partial charge in [-0.15, -0.1) is 11.8 Å². The minimum absolute atomic E-state index is 0.224. The van der Waals surface area contributed by atoms with E-state index in [0.29, 0.717) is 28.8 Å². The second-order valence-electron chi connectivity index (χ2n) is 5.44. The minimum atomic E-state index is -4.24. The number of hydrogen-bond donors (Lipinski definition) is 2. The molecule has 0 atom stereocenters. The smallest absolute Gasteiger partial charge is 0.326 e. The molecular formula is C14H19F3N2OS. The number of halogens is 3. The molecule has 0 spiro atoms. The highest BCUT2D eigenvalue weighted by atomic mass is 32.2. The van der Waals surface area contributed by atoms with Crippen molar-refractivity contribution in [1.29, 1.82) is 0 Å². The molecule has 1 aromatic carbocycles. The van der Waals surface area contributed by atoms with E-state index >= 15 is 0 Å². The zero-order valence-corrected chi connectivity index (χ0v) is 12.8. The van der Waals surface area contributed by atoms with Crippen LogP contribution in [0.3, 0.4) is 0 Å². The summed E-state index contributed by atoms with van der Waals surface area (Å²) >= 11 is 0.655. The maximum atomic E-state index is 12.3. The molecular weight excluding hydrogens is 301 g/mol. The van der Waals surface area contributed by atoms with Crippen molar-refractivity contribution in [2.45, 2.75) is 43.3 Å². The lowest BCUT2D eigenvalue weighted by atomic mass is 10.00. The molecule has 1 amide bonds. The van der Waals surface area contributed by atoms with Crippen LogP contribution in [0.4, 0.5) is 18.9 Å². The van der Waals surface area contributed by atoms with Crippen LogP contribution in [-0.4, -0.2) is 23.4 Å². The van der Waals surface area contributed by atoms with E-state index in [-0.39, 0.29) is 12.3 Å². The van der Waals surface area contributed by atoms with Crippen LogP contribution >= 0.6 is 11.8 Å². The van der Waals surface area contributed by atoms with Gasteiger partial charge in [0.05, 0.1) is 11.4 Å². The molecule has 0 unspecified atom stereocenters. The standard InChI is InChI=1S/C14H19F3N2OS/c1-13(2,18)8-7-12(20)19-10-5-3-4-6-11(10)21-9-14(15,16)17/h3-6H,7-9,18H2,1-2H3,(H,19,20). The number of nitrogens with one attached hydrogen (secondary N) is 1. The fraction of sp³-hybridized carbons (Fsp3) is 0.500. The number of carbonyl (C=O) groups excluding carboxylic acids is 1. The topological polar surface area (TPSA) is 55.1 Å². The Morgan fingerprint density at radius 1 is 1.29 bits per heavy atom. The first kappa shape index (κ1) is 17.8. The number of nitrogens with two attached hydrogens (primary N) is 1. The molecule has 0 saturated heterocycles. The van der Waals surface area contributed by atoms with Crippen LogP contribution in [0.2, 0.25) is 0 Å². The van der Waals surface area contributed by atoms with Crippen molar-refractivity contribution in [2.75, 3.05) is 11.1 Å². The number of para-hydroxylation sites is 1. The molecule has 3 nitrogen and oxygen atoms in total. The fourth-order valence-corrected chi connectivity index (χ4v) is 2.27. The summed E-state index contributed by atoms with van der Waals surface area (Å²) in [6, 6.07) is 6.45. The molecule has 118 valence electrons. The third-order valence-corrected chi connectivity index (χ3v) is 3.69. The quantitative estimate of drug-likeness (QED) is 0.784. The Bertz CT molecular complexity index is 484. The first-order valence-electron chi connectivity index (χ1n) is 6.44. The number of anilines is 1. The van der Waals surface area contributed by atoms with Crippen molar-refractivity contribution in [2.24, 2.45) is 5.73 Å². The van der Waals surface area contributed by atoms with Gasteiger partial charge in [0.2, 0.25) is 5.91 Å². The second kappa shape index (κ2) is 7.17. The Hall–Kier alpha value is -1.21. The Morgan fingerprint density at radius 2 is 1.90 bits per heavy atom. The molecule has 1 rings (SSSR count). The molecule has 0 aliphatic carbocycles. The molecule has 3 N–H and O–H groups in total. The highest BCUT2D eigenvalue weighted by Gasteiger charge is 2.27. The maximum absolute atomic E-state index is 12.3. The van der Waals surface area contributed by atoms with Crippen LogP contribution in [0.25, 0.3) is 0 Å². The summed E-state index contributed by atoms with van der Waals surface area (Å²) < 4.78 is 36.8. The van der Waals surface area contributed by atoms with E-state index in [1.165, 1.54) is 0 Å². The molecule has 0 aliphatic rings. The van der Waals surface area contributed by atoms with Crippen molar-refractivity contribution in [3.05, 3.63) is 24.3 Å². The van der Waals surface area contributed by atoms with Gasteiger partial charge in [0.1, 0.15) is 0 Å². The van der Waals surface area contributed by atoms with E-state index in [1.54, 1.807) is 24.3 Å². The zero-order chi connectivity index (χ0) is 16.1. The summed E-state index contributed by atoms with van der Waals surface area (Å²) in [6.45, 7) is 3.63. The van der Waals surface area contributed by atoms with Gasteiger partial charge in [-0.05, 0) is 32.4 Å². The normalized spacial score (nSPS) is 12.3. The molecule has 0 heterocycles. The van der Waals surface area contributed by atoms with Gasteiger partial charge in [0.15, 0.2) is 0 Å². The van der Waals surface area contributed by atoms with E-state index in [1.807, 2.05) is 13.8 Å². The largest absolute Gasteiger partial charge is 0.398 e. The number of benzene rings is 1. The number of carbonyl (C=O) groups is 1. The fourth-order valence-electron chi connectivity index (χ4n) is 1.50. The predicted molar refractivity (Wildman–Crippen MR) is 79.4 cm³/mol. The van der Waals surface area contributed by atoms with Crippen molar-refractivity contribution < 1.29 is 18.0 Å². The first-order chi connectivity index (χ1) is 9.57. The Morgan fingerprint density at radius 3 is 2.48 bits per heavy atom. The lowest BCUT2D eigenvalue weighted by Gasteiger charge is -2.18. The zero-order valence-electron chi connectivity index (χ0n) is 12.0. The highest BCUT2D eigenvalue weighted by molar-refractivity contribution is 7.99. The summed E-state index contributed by atoms with van der Waals surface area (Å²) in [5, 5.41) is 2.64. The van der Waals surface area contributed by atoms with Gasteiger partial charge in [0, 0.05) is 16.9 Å².